The first-order valence-electron chi connectivity index (χ1n) is 16.9. The minimum Gasteiger partial charge on any atom is -0.309 e. The molecule has 0 saturated heterocycles. The second kappa shape index (κ2) is 11.9. The smallest absolute Gasteiger partial charge is 0.0634 e. The van der Waals surface area contributed by atoms with Gasteiger partial charge in [-0.2, -0.15) is 0 Å². The molecule has 4 heteroatoms. The fourth-order valence-corrected chi connectivity index (χ4v) is 9.78. The molecule has 0 unspecified atom stereocenters. The van der Waals surface area contributed by atoms with Crippen molar-refractivity contribution < 1.29 is 0 Å². The number of nitrogens with zero attached hydrogens (tertiary/aromatic N) is 2. The summed E-state index contributed by atoms with van der Waals surface area (Å²) in [6, 6.07) is 66.0. The van der Waals surface area contributed by atoms with E-state index in [1.54, 1.807) is 0 Å². The molecule has 0 aliphatic rings. The Bertz CT molecular complexity index is 2530. The van der Waals surface area contributed by atoms with Crippen LogP contribution in [-0.2, 0) is 0 Å². The van der Waals surface area contributed by atoms with E-state index in [1.165, 1.54) is 62.5 Å². The first kappa shape index (κ1) is 29.0. The molecular weight excluding hydrogens is 645 g/mol. The van der Waals surface area contributed by atoms with Crippen LogP contribution in [0.25, 0.3) is 51.1 Å². The van der Waals surface area contributed by atoms with Crippen LogP contribution < -0.4 is 9.80 Å². The molecule has 0 aliphatic carbocycles. The molecule has 0 atom stereocenters. The maximum Gasteiger partial charge on any atom is 0.0634 e. The fourth-order valence-electron chi connectivity index (χ4n) is 7.49. The summed E-state index contributed by atoms with van der Waals surface area (Å²) in [5, 5.41) is 7.56. The van der Waals surface area contributed by atoms with Crippen LogP contribution in [0.1, 0.15) is 0 Å². The minimum atomic E-state index is 1.13. The Morgan fingerprint density at radius 2 is 0.580 bits per heavy atom. The second-order valence-electron chi connectivity index (χ2n) is 12.5. The van der Waals surface area contributed by atoms with Gasteiger partial charge in [0.2, 0.25) is 0 Å². The van der Waals surface area contributed by atoms with Gasteiger partial charge in [-0.15, -0.1) is 22.7 Å². The number of thiophene rings is 2. The average Bonchev–Trinajstić information content (AvgIpc) is 3.74. The maximum atomic E-state index is 2.47. The third-order valence-electron chi connectivity index (χ3n) is 9.58. The zero-order valence-electron chi connectivity index (χ0n) is 27.0. The Morgan fingerprint density at radius 3 is 0.920 bits per heavy atom. The van der Waals surface area contributed by atoms with Crippen molar-refractivity contribution in [3.8, 4) is 0 Å². The molecular formula is C46H30N2S2. The van der Waals surface area contributed by atoms with E-state index >= 15 is 0 Å². The van der Waals surface area contributed by atoms with E-state index in [-0.39, 0.29) is 0 Å². The minimum absolute atomic E-state index is 1.13. The third-order valence-corrected chi connectivity index (χ3v) is 11.8. The molecule has 0 fully saturated rings. The Kier molecular flexibility index (Phi) is 6.90. The summed E-state index contributed by atoms with van der Waals surface area (Å²) in [7, 11) is 0. The first-order valence-corrected chi connectivity index (χ1v) is 18.5. The van der Waals surface area contributed by atoms with E-state index in [4.69, 9.17) is 0 Å². The number of rotatable bonds is 6. The van der Waals surface area contributed by atoms with Crippen LogP contribution in [0, 0.1) is 0 Å². The lowest BCUT2D eigenvalue weighted by Gasteiger charge is -2.31. The molecule has 0 spiro atoms. The molecule has 0 radical (unpaired) electrons. The second-order valence-corrected chi connectivity index (χ2v) is 14.7. The summed E-state index contributed by atoms with van der Waals surface area (Å²) >= 11 is 3.76. The topological polar surface area (TPSA) is 6.48 Å². The molecule has 0 bridgehead atoms. The van der Waals surface area contributed by atoms with Crippen LogP contribution in [-0.4, -0.2) is 0 Å². The molecule has 0 aliphatic heterocycles. The van der Waals surface area contributed by atoms with E-state index in [2.05, 4.69) is 192 Å². The zero-order chi connectivity index (χ0) is 33.0. The van der Waals surface area contributed by atoms with Crippen molar-refractivity contribution in [1.29, 1.82) is 0 Å². The Labute approximate surface area is 298 Å². The molecule has 2 nitrogen and oxygen atoms in total. The van der Waals surface area contributed by atoms with E-state index in [1.807, 2.05) is 22.7 Å². The Balaban J connectivity index is 1.46. The number of hydrogen-bond acceptors (Lipinski definition) is 4. The Morgan fingerprint density at radius 1 is 0.280 bits per heavy atom. The van der Waals surface area contributed by atoms with Gasteiger partial charge in [-0.1, -0.05) is 109 Å². The molecule has 8 aromatic carbocycles. The monoisotopic (exact) mass is 674 g/mol. The number of hydrogen-bond donors (Lipinski definition) is 0. The SMILES string of the molecule is c1ccc(N(c2ccccc2)c2c3cc4sc5ccccc5c4c(N(c4ccccc4)c4ccccc4)c3cc3sc4ccccc4c23)cc1. The standard InChI is InChI=1S/C46H30N2S2/c1-5-17-31(18-6-1)47(32-19-7-2-8-20-32)45-37-29-42-44(36-26-14-16-28-40(36)50-42)46(38(37)30-41-43(45)35-25-13-15-27-39(35)49-41)48(33-21-9-3-10-22-33)34-23-11-4-12-24-34/h1-30H. The maximum absolute atomic E-state index is 2.47. The molecule has 2 heterocycles. The highest BCUT2D eigenvalue weighted by molar-refractivity contribution is 7.26. The van der Waals surface area contributed by atoms with Crippen LogP contribution in [0.4, 0.5) is 34.1 Å². The van der Waals surface area contributed by atoms with Crippen molar-refractivity contribution in [3.05, 3.63) is 182 Å². The van der Waals surface area contributed by atoms with E-state index in [9.17, 15) is 0 Å². The molecule has 10 rings (SSSR count). The fraction of sp³-hybridized carbons (Fsp3) is 0. The molecule has 0 amide bonds. The van der Waals surface area contributed by atoms with Crippen LogP contribution in [0.5, 0.6) is 0 Å². The predicted molar refractivity (Wildman–Crippen MR) is 219 cm³/mol. The largest absolute Gasteiger partial charge is 0.309 e. The van der Waals surface area contributed by atoms with Gasteiger partial charge in [-0.05, 0) is 72.8 Å². The van der Waals surface area contributed by atoms with Crippen LogP contribution in [0.3, 0.4) is 0 Å². The van der Waals surface area contributed by atoms with Gasteiger partial charge in [0, 0.05) is 73.9 Å². The van der Waals surface area contributed by atoms with E-state index < -0.39 is 0 Å². The number of anilines is 6. The highest BCUT2D eigenvalue weighted by Crippen LogP contribution is 2.55. The Hall–Kier alpha value is -5.94. The van der Waals surface area contributed by atoms with Gasteiger partial charge in [-0.3, -0.25) is 0 Å². The number of fused-ring (bicyclic) bond motifs is 7. The quantitative estimate of drug-likeness (QED) is 0.173. The first-order chi connectivity index (χ1) is 24.8. The highest BCUT2D eigenvalue weighted by Gasteiger charge is 2.27. The van der Waals surface area contributed by atoms with Crippen molar-refractivity contribution in [2.24, 2.45) is 0 Å². The summed E-state index contributed by atoms with van der Waals surface area (Å²) in [6.07, 6.45) is 0. The molecule has 2 aromatic heterocycles. The number of para-hydroxylation sites is 4. The summed E-state index contributed by atoms with van der Waals surface area (Å²) in [6.45, 7) is 0. The number of benzene rings is 8. The van der Waals surface area contributed by atoms with Crippen LogP contribution in [0.2, 0.25) is 0 Å². The van der Waals surface area contributed by atoms with E-state index in [0.717, 1.165) is 22.7 Å². The molecule has 0 N–H and O–H groups in total. The molecule has 236 valence electrons. The van der Waals surface area contributed by atoms with Gasteiger partial charge in [0.25, 0.3) is 0 Å². The van der Waals surface area contributed by atoms with Crippen LogP contribution in [0.15, 0.2) is 182 Å². The summed E-state index contributed by atoms with van der Waals surface area (Å²) in [5.41, 5.74) is 6.92. The van der Waals surface area contributed by atoms with Gasteiger partial charge in [-0.25, -0.2) is 0 Å². The average molecular weight is 675 g/mol. The highest BCUT2D eigenvalue weighted by atomic mass is 32.1. The lowest BCUT2D eigenvalue weighted by molar-refractivity contribution is 1.30. The summed E-state index contributed by atoms with van der Waals surface area (Å²) < 4.78 is 5.12. The van der Waals surface area contributed by atoms with Crippen molar-refractivity contribution in [2.45, 2.75) is 0 Å². The summed E-state index contributed by atoms with van der Waals surface area (Å²) in [4.78, 5) is 4.95. The predicted octanol–water partition coefficient (Wildman–Crippen LogP) is 14.5. The van der Waals surface area contributed by atoms with Crippen molar-refractivity contribution in [3.63, 3.8) is 0 Å². The van der Waals surface area contributed by atoms with Crippen LogP contribution >= 0.6 is 22.7 Å². The van der Waals surface area contributed by atoms with Crippen molar-refractivity contribution in [2.75, 3.05) is 9.80 Å². The van der Waals surface area contributed by atoms with E-state index in [0.29, 0.717) is 0 Å². The van der Waals surface area contributed by atoms with Gasteiger partial charge >= 0.3 is 0 Å². The lowest BCUT2D eigenvalue weighted by Crippen LogP contribution is -2.13. The normalized spacial score (nSPS) is 11.6. The third kappa shape index (κ3) is 4.61. The van der Waals surface area contributed by atoms with Gasteiger partial charge < -0.3 is 9.80 Å². The van der Waals surface area contributed by atoms with Gasteiger partial charge in [0.05, 0.1) is 11.4 Å². The van der Waals surface area contributed by atoms with Gasteiger partial charge in [0.1, 0.15) is 0 Å². The van der Waals surface area contributed by atoms with Crippen molar-refractivity contribution in [1.82, 2.24) is 0 Å². The zero-order valence-corrected chi connectivity index (χ0v) is 28.7. The molecule has 50 heavy (non-hydrogen) atoms. The molecule has 0 saturated carbocycles. The lowest BCUT2D eigenvalue weighted by atomic mass is 9.96. The summed E-state index contributed by atoms with van der Waals surface area (Å²) in [5.74, 6) is 0. The van der Waals surface area contributed by atoms with Crippen molar-refractivity contribution >= 4 is 108 Å². The molecule has 10 aromatic rings. The van der Waals surface area contributed by atoms with Gasteiger partial charge in [0.15, 0.2) is 0 Å².